The van der Waals surface area contributed by atoms with Crippen LogP contribution in [0.2, 0.25) is 0 Å². The van der Waals surface area contributed by atoms with E-state index in [1.165, 1.54) is 28.4 Å². The van der Waals surface area contributed by atoms with Crippen molar-refractivity contribution >= 4 is 17.2 Å². The third kappa shape index (κ3) is 3.31. The molecule has 5 heteroatoms. The van der Waals surface area contributed by atoms with E-state index in [9.17, 15) is 9.18 Å². The number of amides is 1. The molecule has 0 aliphatic carbocycles. The Labute approximate surface area is 127 Å². The SMILES string of the molecule is Cc1cc(C(=O)N(C)C(C)CO)sc1-c1ccc(F)cc1. The van der Waals surface area contributed by atoms with Crippen molar-refractivity contribution in [3.05, 3.63) is 46.6 Å². The Hall–Kier alpha value is -1.72. The molecule has 3 nitrogen and oxygen atoms in total. The molecular weight excluding hydrogens is 289 g/mol. The van der Waals surface area contributed by atoms with E-state index in [0.29, 0.717) is 4.88 Å². The van der Waals surface area contributed by atoms with Crippen molar-refractivity contribution in [3.8, 4) is 10.4 Å². The number of hydrogen-bond donors (Lipinski definition) is 1. The van der Waals surface area contributed by atoms with Gasteiger partial charge in [-0.2, -0.15) is 0 Å². The normalized spacial score (nSPS) is 12.2. The van der Waals surface area contributed by atoms with Crippen LogP contribution in [-0.2, 0) is 0 Å². The molecule has 1 aromatic heterocycles. The number of aliphatic hydroxyl groups is 1. The van der Waals surface area contributed by atoms with Crippen LogP contribution in [0.3, 0.4) is 0 Å². The summed E-state index contributed by atoms with van der Waals surface area (Å²) in [6, 6.07) is 7.86. The van der Waals surface area contributed by atoms with Gasteiger partial charge in [0.05, 0.1) is 17.5 Å². The van der Waals surface area contributed by atoms with E-state index >= 15 is 0 Å². The molecule has 1 atom stereocenters. The van der Waals surface area contributed by atoms with Gasteiger partial charge in [0.1, 0.15) is 5.82 Å². The Morgan fingerprint density at radius 1 is 1.38 bits per heavy atom. The summed E-state index contributed by atoms with van der Waals surface area (Å²) in [4.78, 5) is 15.5. The van der Waals surface area contributed by atoms with Crippen molar-refractivity contribution in [2.45, 2.75) is 19.9 Å². The van der Waals surface area contributed by atoms with Crippen LogP contribution in [0.25, 0.3) is 10.4 Å². The molecule has 1 heterocycles. The summed E-state index contributed by atoms with van der Waals surface area (Å²) in [5.41, 5.74) is 1.89. The maximum Gasteiger partial charge on any atom is 0.264 e. The molecule has 1 unspecified atom stereocenters. The van der Waals surface area contributed by atoms with Gasteiger partial charge in [-0.25, -0.2) is 4.39 Å². The molecular formula is C16H18FNO2S. The molecule has 0 radical (unpaired) electrons. The number of aliphatic hydroxyl groups excluding tert-OH is 1. The Kier molecular flexibility index (Phi) is 4.75. The number of benzene rings is 1. The summed E-state index contributed by atoms with van der Waals surface area (Å²) >= 11 is 1.39. The average Bonchev–Trinajstić information content (AvgIpc) is 2.87. The van der Waals surface area contributed by atoms with Crippen molar-refractivity contribution in [1.29, 1.82) is 0 Å². The highest BCUT2D eigenvalue weighted by Crippen LogP contribution is 2.33. The summed E-state index contributed by atoms with van der Waals surface area (Å²) in [6.07, 6.45) is 0. The van der Waals surface area contributed by atoms with Crippen LogP contribution in [0.5, 0.6) is 0 Å². The van der Waals surface area contributed by atoms with Gasteiger partial charge in [0.15, 0.2) is 0 Å². The van der Waals surface area contributed by atoms with Crippen LogP contribution in [0.15, 0.2) is 30.3 Å². The Morgan fingerprint density at radius 2 is 2.00 bits per heavy atom. The third-order valence-electron chi connectivity index (χ3n) is 3.48. The van der Waals surface area contributed by atoms with Crippen molar-refractivity contribution in [1.82, 2.24) is 4.90 Å². The van der Waals surface area contributed by atoms with E-state index in [1.807, 2.05) is 13.0 Å². The molecule has 0 saturated heterocycles. The maximum atomic E-state index is 13.0. The highest BCUT2D eigenvalue weighted by Gasteiger charge is 2.20. The number of likely N-dealkylation sites (N-methyl/N-ethyl adjacent to an activating group) is 1. The lowest BCUT2D eigenvalue weighted by molar-refractivity contribution is 0.0687. The monoisotopic (exact) mass is 307 g/mol. The van der Waals surface area contributed by atoms with Crippen LogP contribution in [0.4, 0.5) is 4.39 Å². The number of rotatable bonds is 4. The van der Waals surface area contributed by atoms with Crippen LogP contribution in [0.1, 0.15) is 22.2 Å². The minimum absolute atomic E-state index is 0.0720. The standard InChI is InChI=1S/C16H18FNO2S/c1-10-8-14(16(20)18(3)11(2)9-19)21-15(10)12-4-6-13(17)7-5-12/h4-8,11,19H,9H2,1-3H3. The highest BCUT2D eigenvalue weighted by molar-refractivity contribution is 7.17. The molecule has 0 aliphatic heterocycles. The molecule has 21 heavy (non-hydrogen) atoms. The molecule has 0 bridgehead atoms. The zero-order valence-electron chi connectivity index (χ0n) is 12.3. The van der Waals surface area contributed by atoms with Gasteiger partial charge >= 0.3 is 0 Å². The number of carbonyl (C=O) groups excluding carboxylic acids is 1. The largest absolute Gasteiger partial charge is 0.394 e. The molecule has 0 saturated carbocycles. The van der Waals surface area contributed by atoms with Gasteiger partial charge in [-0.15, -0.1) is 11.3 Å². The number of nitrogens with zero attached hydrogens (tertiary/aromatic N) is 1. The fourth-order valence-corrected chi connectivity index (χ4v) is 3.13. The van der Waals surface area contributed by atoms with Gasteiger partial charge in [-0.05, 0) is 43.2 Å². The quantitative estimate of drug-likeness (QED) is 0.941. The van der Waals surface area contributed by atoms with Crippen LogP contribution >= 0.6 is 11.3 Å². The molecule has 1 amide bonds. The molecule has 2 rings (SSSR count). The summed E-state index contributed by atoms with van der Waals surface area (Å²) in [7, 11) is 1.68. The first-order valence-corrected chi connectivity index (χ1v) is 7.50. The van der Waals surface area contributed by atoms with E-state index in [4.69, 9.17) is 5.11 Å². The molecule has 1 aromatic carbocycles. The predicted molar refractivity (Wildman–Crippen MR) is 83.1 cm³/mol. The van der Waals surface area contributed by atoms with Crippen molar-refractivity contribution < 1.29 is 14.3 Å². The van der Waals surface area contributed by atoms with E-state index < -0.39 is 0 Å². The van der Waals surface area contributed by atoms with Crippen molar-refractivity contribution in [3.63, 3.8) is 0 Å². The van der Waals surface area contributed by atoms with Gasteiger partial charge in [0.2, 0.25) is 0 Å². The Morgan fingerprint density at radius 3 is 2.57 bits per heavy atom. The Balaban J connectivity index is 2.31. The summed E-state index contributed by atoms with van der Waals surface area (Å²) in [5.74, 6) is -0.390. The third-order valence-corrected chi connectivity index (χ3v) is 4.75. The second-order valence-electron chi connectivity index (χ2n) is 5.08. The number of halogens is 1. The number of hydrogen-bond acceptors (Lipinski definition) is 3. The van der Waals surface area contributed by atoms with E-state index in [1.54, 1.807) is 26.1 Å². The van der Waals surface area contributed by atoms with Gasteiger partial charge < -0.3 is 10.0 Å². The molecule has 2 aromatic rings. The second-order valence-corrected chi connectivity index (χ2v) is 6.13. The number of carbonyl (C=O) groups is 1. The average molecular weight is 307 g/mol. The van der Waals surface area contributed by atoms with E-state index in [0.717, 1.165) is 16.0 Å². The first-order valence-electron chi connectivity index (χ1n) is 6.68. The van der Waals surface area contributed by atoms with Crippen LogP contribution < -0.4 is 0 Å². The lowest BCUT2D eigenvalue weighted by Crippen LogP contribution is -2.36. The predicted octanol–water partition coefficient (Wildman–Crippen LogP) is 3.32. The van der Waals surface area contributed by atoms with Gasteiger partial charge in [-0.3, -0.25) is 4.79 Å². The van der Waals surface area contributed by atoms with Crippen LogP contribution in [0, 0.1) is 12.7 Å². The maximum absolute atomic E-state index is 13.0. The van der Waals surface area contributed by atoms with Gasteiger partial charge in [0, 0.05) is 11.9 Å². The minimum atomic E-state index is -0.277. The fraction of sp³-hybridized carbons (Fsp3) is 0.312. The highest BCUT2D eigenvalue weighted by atomic mass is 32.1. The fourth-order valence-electron chi connectivity index (χ4n) is 1.97. The molecule has 112 valence electrons. The van der Waals surface area contributed by atoms with Crippen LogP contribution in [-0.4, -0.2) is 35.6 Å². The zero-order valence-corrected chi connectivity index (χ0v) is 13.1. The summed E-state index contributed by atoms with van der Waals surface area (Å²) in [5, 5.41) is 9.14. The lowest BCUT2D eigenvalue weighted by Gasteiger charge is -2.22. The molecule has 0 aliphatic rings. The van der Waals surface area contributed by atoms with Gasteiger partial charge in [-0.1, -0.05) is 12.1 Å². The number of thiophene rings is 1. The van der Waals surface area contributed by atoms with E-state index in [-0.39, 0.29) is 24.4 Å². The Bertz CT molecular complexity index is 636. The van der Waals surface area contributed by atoms with E-state index in [2.05, 4.69) is 0 Å². The summed E-state index contributed by atoms with van der Waals surface area (Å²) < 4.78 is 13.0. The van der Waals surface area contributed by atoms with Gasteiger partial charge in [0.25, 0.3) is 5.91 Å². The molecule has 1 N–H and O–H groups in total. The smallest absolute Gasteiger partial charge is 0.264 e. The minimum Gasteiger partial charge on any atom is -0.394 e. The molecule has 0 spiro atoms. The topological polar surface area (TPSA) is 40.5 Å². The first kappa shape index (κ1) is 15.7. The second kappa shape index (κ2) is 6.37. The summed E-state index contributed by atoms with van der Waals surface area (Å²) in [6.45, 7) is 3.65. The first-order chi connectivity index (χ1) is 9.93. The molecule has 0 fully saturated rings. The van der Waals surface area contributed by atoms with Crippen molar-refractivity contribution in [2.24, 2.45) is 0 Å². The zero-order chi connectivity index (χ0) is 15.6. The number of aryl methyl sites for hydroxylation is 1. The van der Waals surface area contributed by atoms with Crippen molar-refractivity contribution in [2.75, 3.05) is 13.7 Å². The lowest BCUT2D eigenvalue weighted by atomic mass is 10.1.